The molecular formula is C21H27N5O4. The monoisotopic (exact) mass is 413 g/mol. The van der Waals surface area contributed by atoms with Gasteiger partial charge in [-0.25, -0.2) is 9.97 Å². The number of amides is 2. The number of nitrogens with zero attached hydrogens (tertiary/aromatic N) is 2. The number of anilines is 1. The highest BCUT2D eigenvalue weighted by atomic mass is 16.5. The van der Waals surface area contributed by atoms with Crippen molar-refractivity contribution in [3.8, 4) is 0 Å². The molecule has 2 amide bonds. The van der Waals surface area contributed by atoms with Crippen LogP contribution in [0.4, 0.5) is 5.95 Å². The van der Waals surface area contributed by atoms with E-state index in [9.17, 15) is 14.7 Å². The molecule has 0 bridgehead atoms. The summed E-state index contributed by atoms with van der Waals surface area (Å²) < 4.78 is 5.20. The fourth-order valence-corrected chi connectivity index (χ4v) is 4.09. The normalized spacial score (nSPS) is 26.3. The van der Waals surface area contributed by atoms with E-state index in [4.69, 9.17) is 4.74 Å². The predicted octanol–water partition coefficient (Wildman–Crippen LogP) is 0.978. The van der Waals surface area contributed by atoms with E-state index < -0.39 is 12.1 Å². The van der Waals surface area contributed by atoms with E-state index in [0.29, 0.717) is 23.6 Å². The van der Waals surface area contributed by atoms with E-state index in [1.807, 2.05) is 6.07 Å². The van der Waals surface area contributed by atoms with Gasteiger partial charge in [0.05, 0.1) is 36.4 Å². The highest BCUT2D eigenvalue weighted by Crippen LogP contribution is 2.23. The van der Waals surface area contributed by atoms with E-state index in [-0.39, 0.29) is 30.5 Å². The lowest BCUT2D eigenvalue weighted by atomic mass is 9.91. The van der Waals surface area contributed by atoms with Crippen LogP contribution >= 0.6 is 0 Å². The zero-order chi connectivity index (χ0) is 21.1. The number of hydrogen-bond acceptors (Lipinski definition) is 7. The molecule has 2 fully saturated rings. The highest BCUT2D eigenvalue weighted by molar-refractivity contribution is 6.05. The maximum Gasteiger partial charge on any atom is 0.253 e. The molecule has 2 aromatic rings. The van der Waals surface area contributed by atoms with Crippen molar-refractivity contribution in [3.05, 3.63) is 30.0 Å². The van der Waals surface area contributed by atoms with Gasteiger partial charge < -0.3 is 25.8 Å². The van der Waals surface area contributed by atoms with E-state index in [2.05, 4.69) is 25.9 Å². The molecule has 2 unspecified atom stereocenters. The molecule has 9 heteroatoms. The summed E-state index contributed by atoms with van der Waals surface area (Å²) in [7, 11) is 0. The van der Waals surface area contributed by atoms with Gasteiger partial charge in [-0.05, 0) is 31.7 Å². The van der Waals surface area contributed by atoms with Gasteiger partial charge in [0.25, 0.3) is 5.91 Å². The van der Waals surface area contributed by atoms with Crippen LogP contribution in [0.25, 0.3) is 10.9 Å². The Morgan fingerprint density at radius 1 is 1.10 bits per heavy atom. The molecule has 160 valence electrons. The molecule has 9 nitrogen and oxygen atoms in total. The SMILES string of the molecule is CC(=O)NC1CCC(Nc2ncc3cccc(C(=O)NC4COCC4O)c3n2)CC1. The minimum Gasteiger partial charge on any atom is -0.388 e. The van der Waals surface area contributed by atoms with Crippen molar-refractivity contribution < 1.29 is 19.4 Å². The molecular weight excluding hydrogens is 386 g/mol. The number of carbonyl (C=O) groups excluding carboxylic acids is 2. The minimum atomic E-state index is -0.705. The molecule has 1 aliphatic carbocycles. The first-order chi connectivity index (χ1) is 14.5. The lowest BCUT2D eigenvalue weighted by Crippen LogP contribution is -2.42. The van der Waals surface area contributed by atoms with Crippen LogP contribution in [0.15, 0.2) is 24.4 Å². The minimum absolute atomic E-state index is 0.00626. The van der Waals surface area contributed by atoms with Gasteiger partial charge in [0, 0.05) is 30.6 Å². The Kier molecular flexibility index (Phi) is 6.10. The van der Waals surface area contributed by atoms with E-state index in [1.54, 1.807) is 25.3 Å². The molecule has 1 saturated carbocycles. The number of rotatable bonds is 5. The van der Waals surface area contributed by atoms with Gasteiger partial charge in [-0.15, -0.1) is 0 Å². The van der Waals surface area contributed by atoms with E-state index in [0.717, 1.165) is 31.1 Å². The molecule has 1 saturated heterocycles. The molecule has 2 heterocycles. The average Bonchev–Trinajstić information content (AvgIpc) is 3.13. The first-order valence-corrected chi connectivity index (χ1v) is 10.4. The van der Waals surface area contributed by atoms with Crippen molar-refractivity contribution in [1.82, 2.24) is 20.6 Å². The molecule has 1 aromatic carbocycles. The molecule has 2 atom stereocenters. The largest absolute Gasteiger partial charge is 0.388 e. The van der Waals surface area contributed by atoms with Gasteiger partial charge in [-0.2, -0.15) is 0 Å². The van der Waals surface area contributed by atoms with Gasteiger partial charge in [0.15, 0.2) is 0 Å². The number of nitrogens with one attached hydrogen (secondary N) is 3. The molecule has 30 heavy (non-hydrogen) atoms. The summed E-state index contributed by atoms with van der Waals surface area (Å²) in [5, 5.41) is 19.8. The molecule has 1 aromatic heterocycles. The van der Waals surface area contributed by atoms with Crippen LogP contribution in [0.2, 0.25) is 0 Å². The van der Waals surface area contributed by atoms with Crippen LogP contribution in [0.1, 0.15) is 43.0 Å². The van der Waals surface area contributed by atoms with Crippen molar-refractivity contribution in [3.63, 3.8) is 0 Å². The Hall–Kier alpha value is -2.78. The molecule has 4 N–H and O–H groups in total. The Labute approximate surface area is 174 Å². The number of hydrogen-bond donors (Lipinski definition) is 4. The van der Waals surface area contributed by atoms with Gasteiger partial charge in [0.1, 0.15) is 0 Å². The van der Waals surface area contributed by atoms with E-state index in [1.165, 1.54) is 0 Å². The van der Waals surface area contributed by atoms with Crippen molar-refractivity contribution in [2.45, 2.75) is 56.8 Å². The smallest absolute Gasteiger partial charge is 0.253 e. The lowest BCUT2D eigenvalue weighted by Gasteiger charge is -2.29. The van der Waals surface area contributed by atoms with E-state index >= 15 is 0 Å². The number of aliphatic hydroxyl groups is 1. The Bertz CT molecular complexity index is 929. The van der Waals surface area contributed by atoms with Gasteiger partial charge in [0.2, 0.25) is 11.9 Å². The molecule has 0 spiro atoms. The third kappa shape index (κ3) is 4.68. The van der Waals surface area contributed by atoms with Gasteiger partial charge in [-0.3, -0.25) is 9.59 Å². The summed E-state index contributed by atoms with van der Waals surface area (Å²) in [5.74, 6) is 0.192. The summed E-state index contributed by atoms with van der Waals surface area (Å²) in [6.07, 6.45) is 4.64. The van der Waals surface area contributed by atoms with Crippen molar-refractivity contribution in [2.24, 2.45) is 0 Å². The van der Waals surface area contributed by atoms with Crippen molar-refractivity contribution in [2.75, 3.05) is 18.5 Å². The van der Waals surface area contributed by atoms with Crippen LogP contribution in [-0.4, -0.2) is 64.3 Å². The Morgan fingerprint density at radius 3 is 2.57 bits per heavy atom. The standard InChI is InChI=1S/C21H27N5O4/c1-12(27)23-14-5-7-15(8-6-14)24-21-22-9-13-3-2-4-16(19(13)26-21)20(29)25-17-10-30-11-18(17)28/h2-4,9,14-15,17-18,28H,5-8,10-11H2,1H3,(H,23,27)(H,25,29)(H,22,24,26). The first-order valence-electron chi connectivity index (χ1n) is 10.4. The summed E-state index contributed by atoms with van der Waals surface area (Å²) >= 11 is 0. The topological polar surface area (TPSA) is 125 Å². The zero-order valence-corrected chi connectivity index (χ0v) is 16.9. The molecule has 2 aliphatic rings. The number of ether oxygens (including phenoxy) is 1. The zero-order valence-electron chi connectivity index (χ0n) is 16.9. The van der Waals surface area contributed by atoms with Crippen LogP contribution < -0.4 is 16.0 Å². The first kappa shape index (κ1) is 20.5. The number of para-hydroxylation sites is 1. The van der Waals surface area contributed by atoms with Gasteiger partial charge >= 0.3 is 0 Å². The number of aromatic nitrogens is 2. The second kappa shape index (κ2) is 8.93. The fourth-order valence-electron chi connectivity index (χ4n) is 4.09. The molecule has 0 radical (unpaired) electrons. The van der Waals surface area contributed by atoms with Crippen LogP contribution in [0, 0.1) is 0 Å². The Morgan fingerprint density at radius 2 is 1.87 bits per heavy atom. The summed E-state index contributed by atoms with van der Waals surface area (Å²) in [4.78, 5) is 33.0. The number of aliphatic hydroxyl groups excluding tert-OH is 1. The second-order valence-electron chi connectivity index (χ2n) is 8.02. The lowest BCUT2D eigenvalue weighted by molar-refractivity contribution is -0.119. The number of fused-ring (bicyclic) bond motifs is 1. The van der Waals surface area contributed by atoms with Crippen molar-refractivity contribution in [1.29, 1.82) is 0 Å². The van der Waals surface area contributed by atoms with Gasteiger partial charge in [-0.1, -0.05) is 12.1 Å². The van der Waals surface area contributed by atoms with Crippen LogP contribution in [0.5, 0.6) is 0 Å². The summed E-state index contributed by atoms with van der Waals surface area (Å²) in [5.41, 5.74) is 0.999. The quantitative estimate of drug-likeness (QED) is 0.576. The average molecular weight is 413 g/mol. The third-order valence-corrected chi connectivity index (χ3v) is 5.69. The highest BCUT2D eigenvalue weighted by Gasteiger charge is 2.28. The van der Waals surface area contributed by atoms with Crippen LogP contribution in [0.3, 0.4) is 0 Å². The fraction of sp³-hybridized carbons (Fsp3) is 0.524. The van der Waals surface area contributed by atoms with Crippen molar-refractivity contribution >= 4 is 28.7 Å². The molecule has 1 aliphatic heterocycles. The summed E-state index contributed by atoms with van der Waals surface area (Å²) in [6, 6.07) is 5.39. The maximum absolute atomic E-state index is 12.8. The third-order valence-electron chi connectivity index (χ3n) is 5.69. The Balaban J connectivity index is 1.46. The van der Waals surface area contributed by atoms with Crippen LogP contribution in [-0.2, 0) is 9.53 Å². The predicted molar refractivity (Wildman–Crippen MR) is 111 cm³/mol. The molecule has 4 rings (SSSR count). The second-order valence-corrected chi connectivity index (χ2v) is 8.02. The number of benzene rings is 1. The number of carbonyl (C=O) groups is 2. The maximum atomic E-state index is 12.8. The summed E-state index contributed by atoms with van der Waals surface area (Å²) in [6.45, 7) is 2.06.